The highest BCUT2D eigenvalue weighted by Gasteiger charge is 2.26. The van der Waals surface area contributed by atoms with Crippen LogP contribution in [0.15, 0.2) is 42.5 Å². The first-order valence-corrected chi connectivity index (χ1v) is 12.8. The first-order chi connectivity index (χ1) is 17.1. The molecule has 2 aromatic carbocycles. The Labute approximate surface area is 206 Å². The summed E-state index contributed by atoms with van der Waals surface area (Å²) < 4.78 is 19.5. The number of benzene rings is 2. The molecule has 1 aliphatic heterocycles. The van der Waals surface area contributed by atoms with Crippen LogP contribution in [0, 0.1) is 5.92 Å². The first kappa shape index (κ1) is 23.5. The predicted octanol–water partition coefficient (Wildman–Crippen LogP) is 5.75. The van der Waals surface area contributed by atoms with E-state index >= 15 is 0 Å². The van der Waals surface area contributed by atoms with Crippen molar-refractivity contribution in [3.8, 4) is 22.8 Å². The summed E-state index contributed by atoms with van der Waals surface area (Å²) in [6.45, 7) is 5.14. The number of unbranched alkanes of at least 4 members (excludes halogenated alkanes) is 1. The van der Waals surface area contributed by atoms with Crippen molar-refractivity contribution in [1.29, 1.82) is 0 Å². The number of ether oxygens (including phenoxy) is 3. The molecule has 2 fully saturated rings. The van der Waals surface area contributed by atoms with E-state index in [1.807, 2.05) is 30.3 Å². The second kappa shape index (κ2) is 10.6. The molecule has 35 heavy (non-hydrogen) atoms. The molecular weight excluding hydrogens is 442 g/mol. The van der Waals surface area contributed by atoms with E-state index in [2.05, 4.69) is 28.9 Å². The van der Waals surface area contributed by atoms with Crippen molar-refractivity contribution < 1.29 is 19.0 Å². The molecule has 7 nitrogen and oxygen atoms in total. The fraction of sp³-hybridized carbons (Fsp3) is 0.464. The molecule has 3 aromatic rings. The molecule has 0 spiro atoms. The number of carbonyl (C=O) groups is 1. The smallest absolute Gasteiger partial charge is 0.412 e. The third-order valence-electron chi connectivity index (χ3n) is 6.82. The van der Waals surface area contributed by atoms with Crippen molar-refractivity contribution in [2.45, 2.75) is 58.1 Å². The van der Waals surface area contributed by atoms with Crippen molar-refractivity contribution in [3.63, 3.8) is 0 Å². The van der Waals surface area contributed by atoms with E-state index in [1.54, 1.807) is 0 Å². The lowest BCUT2D eigenvalue weighted by molar-refractivity contribution is 0.0256. The van der Waals surface area contributed by atoms with E-state index in [0.29, 0.717) is 18.2 Å². The minimum atomic E-state index is -0.425. The number of nitrogens with two attached hydrogens (primary N) is 1. The summed E-state index contributed by atoms with van der Waals surface area (Å²) >= 11 is 0. The molecular formula is C28H35N3O4. The number of carbonyl (C=O) groups excluding carboxylic acids is 1. The second-order valence-corrected chi connectivity index (χ2v) is 9.62. The Morgan fingerprint density at radius 2 is 1.83 bits per heavy atom. The Morgan fingerprint density at radius 3 is 2.54 bits per heavy atom. The molecule has 186 valence electrons. The number of hydrogen-bond acceptors (Lipinski definition) is 5. The lowest BCUT2D eigenvalue weighted by atomic mass is 10.1. The predicted molar refractivity (Wildman–Crippen MR) is 138 cm³/mol. The van der Waals surface area contributed by atoms with Crippen molar-refractivity contribution in [1.82, 2.24) is 9.88 Å². The van der Waals surface area contributed by atoms with Crippen LogP contribution in [-0.4, -0.2) is 36.5 Å². The van der Waals surface area contributed by atoms with Crippen LogP contribution < -0.4 is 20.5 Å². The SMILES string of the molecule is CCCCNC(=O)Oc1ccc(-c2c(N)c3ccc(OC4CCOCC4)cc3n2CC2CC2)cc1. The number of hydrogen-bond donors (Lipinski definition) is 2. The molecule has 0 radical (unpaired) electrons. The van der Waals surface area contributed by atoms with Gasteiger partial charge in [0.1, 0.15) is 17.6 Å². The maximum atomic E-state index is 12.0. The number of nitrogens with zero attached hydrogens (tertiary/aromatic N) is 1. The lowest BCUT2D eigenvalue weighted by Crippen LogP contribution is -2.27. The molecule has 5 rings (SSSR count). The number of rotatable bonds is 9. The van der Waals surface area contributed by atoms with Crippen LogP contribution in [0.25, 0.3) is 22.2 Å². The zero-order chi connectivity index (χ0) is 24.2. The number of anilines is 1. The van der Waals surface area contributed by atoms with E-state index < -0.39 is 6.09 Å². The van der Waals surface area contributed by atoms with Crippen molar-refractivity contribution in [2.24, 2.45) is 5.92 Å². The van der Waals surface area contributed by atoms with E-state index in [0.717, 1.165) is 79.0 Å². The summed E-state index contributed by atoms with van der Waals surface area (Å²) in [4.78, 5) is 12.0. The first-order valence-electron chi connectivity index (χ1n) is 12.8. The van der Waals surface area contributed by atoms with Gasteiger partial charge in [-0.3, -0.25) is 0 Å². The van der Waals surface area contributed by atoms with E-state index in [4.69, 9.17) is 19.9 Å². The van der Waals surface area contributed by atoms with Crippen LogP contribution in [0.1, 0.15) is 45.4 Å². The number of nitrogens with one attached hydrogen (secondary N) is 1. The fourth-order valence-electron chi connectivity index (χ4n) is 4.67. The molecule has 2 heterocycles. The molecule has 1 saturated carbocycles. The summed E-state index contributed by atoms with van der Waals surface area (Å²) in [5, 5.41) is 3.81. The molecule has 0 unspecified atom stereocenters. The second-order valence-electron chi connectivity index (χ2n) is 9.62. The van der Waals surface area contributed by atoms with Crippen LogP contribution in [0.4, 0.5) is 10.5 Å². The number of fused-ring (bicyclic) bond motifs is 1. The average molecular weight is 478 g/mol. The van der Waals surface area contributed by atoms with Gasteiger partial charge in [0.25, 0.3) is 0 Å². The summed E-state index contributed by atoms with van der Waals surface area (Å²) in [6, 6.07) is 13.8. The maximum absolute atomic E-state index is 12.0. The number of amides is 1. The number of aromatic nitrogens is 1. The van der Waals surface area contributed by atoms with Crippen molar-refractivity contribution in [2.75, 3.05) is 25.5 Å². The summed E-state index contributed by atoms with van der Waals surface area (Å²) in [5.41, 5.74) is 10.6. The average Bonchev–Trinajstić information content (AvgIpc) is 3.65. The lowest BCUT2D eigenvalue weighted by Gasteiger charge is -2.23. The van der Waals surface area contributed by atoms with Gasteiger partial charge >= 0.3 is 6.09 Å². The Kier molecular flexibility index (Phi) is 7.13. The van der Waals surface area contributed by atoms with Gasteiger partial charge in [0.15, 0.2) is 0 Å². The highest BCUT2D eigenvalue weighted by atomic mass is 16.6. The summed E-state index contributed by atoms with van der Waals surface area (Å²) in [7, 11) is 0. The molecule has 3 N–H and O–H groups in total. The molecule has 0 atom stereocenters. The van der Waals surface area contributed by atoms with Crippen LogP contribution in [-0.2, 0) is 11.3 Å². The van der Waals surface area contributed by atoms with Crippen LogP contribution >= 0.6 is 0 Å². The molecule has 0 bridgehead atoms. The van der Waals surface area contributed by atoms with E-state index in [9.17, 15) is 4.79 Å². The third kappa shape index (κ3) is 5.56. The van der Waals surface area contributed by atoms with Crippen LogP contribution in [0.3, 0.4) is 0 Å². The van der Waals surface area contributed by atoms with Crippen LogP contribution in [0.5, 0.6) is 11.5 Å². The zero-order valence-electron chi connectivity index (χ0n) is 20.4. The molecule has 2 aliphatic rings. The molecule has 1 saturated heterocycles. The molecule has 7 heteroatoms. The maximum Gasteiger partial charge on any atom is 0.412 e. The van der Waals surface area contributed by atoms with Gasteiger partial charge in [0, 0.05) is 42.9 Å². The van der Waals surface area contributed by atoms with Gasteiger partial charge < -0.3 is 29.8 Å². The molecule has 1 aromatic heterocycles. The van der Waals surface area contributed by atoms with Gasteiger partial charge in [-0.05, 0) is 61.6 Å². The Balaban J connectivity index is 1.41. The van der Waals surface area contributed by atoms with Gasteiger partial charge in [0.05, 0.1) is 30.1 Å². The van der Waals surface area contributed by atoms with Gasteiger partial charge in [0.2, 0.25) is 0 Å². The van der Waals surface area contributed by atoms with Crippen molar-refractivity contribution in [3.05, 3.63) is 42.5 Å². The normalized spacial score (nSPS) is 16.4. The minimum absolute atomic E-state index is 0.191. The standard InChI is InChI=1S/C28H35N3O4/c1-2-3-14-30-28(32)35-21-8-6-20(7-9-21)27-26(29)24-11-10-23(34-22-12-15-33-16-13-22)17-25(24)31(27)18-19-4-5-19/h6-11,17,19,22H,2-5,12-16,18,29H2,1H3,(H,30,32). The van der Waals surface area contributed by atoms with E-state index in [-0.39, 0.29) is 6.10 Å². The summed E-state index contributed by atoms with van der Waals surface area (Å²) in [6.07, 6.45) is 6.05. The molecule has 1 aliphatic carbocycles. The highest BCUT2D eigenvalue weighted by Crippen LogP contribution is 2.41. The van der Waals surface area contributed by atoms with Gasteiger partial charge in [-0.1, -0.05) is 13.3 Å². The van der Waals surface area contributed by atoms with Gasteiger partial charge in [-0.25, -0.2) is 4.79 Å². The Morgan fingerprint density at radius 1 is 1.09 bits per heavy atom. The van der Waals surface area contributed by atoms with Crippen molar-refractivity contribution >= 4 is 22.7 Å². The Hall–Kier alpha value is -3.19. The monoisotopic (exact) mass is 477 g/mol. The topological polar surface area (TPSA) is 87.7 Å². The molecule has 1 amide bonds. The fourth-order valence-corrected chi connectivity index (χ4v) is 4.67. The van der Waals surface area contributed by atoms with E-state index in [1.165, 1.54) is 12.8 Å². The van der Waals surface area contributed by atoms with Gasteiger partial charge in [-0.2, -0.15) is 0 Å². The third-order valence-corrected chi connectivity index (χ3v) is 6.82. The van der Waals surface area contributed by atoms with Crippen LogP contribution in [0.2, 0.25) is 0 Å². The largest absolute Gasteiger partial charge is 0.490 e. The van der Waals surface area contributed by atoms with Gasteiger partial charge in [-0.15, -0.1) is 0 Å². The summed E-state index contributed by atoms with van der Waals surface area (Å²) in [5.74, 6) is 2.07. The highest BCUT2D eigenvalue weighted by molar-refractivity contribution is 6.01. The Bertz CT molecular complexity index is 1160. The quantitative estimate of drug-likeness (QED) is 0.383. The number of nitrogen functional groups attached to an aromatic ring is 1. The zero-order valence-corrected chi connectivity index (χ0v) is 20.4. The minimum Gasteiger partial charge on any atom is -0.490 e.